The maximum atomic E-state index is 17.3. The van der Waals surface area contributed by atoms with E-state index in [1.54, 1.807) is 13.0 Å². The van der Waals surface area contributed by atoms with Crippen molar-refractivity contribution in [3.05, 3.63) is 34.8 Å². The van der Waals surface area contributed by atoms with Crippen LogP contribution in [0.4, 0.5) is 17.6 Å². The van der Waals surface area contributed by atoms with Crippen molar-refractivity contribution in [1.82, 2.24) is 0 Å². The summed E-state index contributed by atoms with van der Waals surface area (Å²) in [5.74, 6) is -2.50. The first-order valence-corrected chi connectivity index (χ1v) is 11.5. The van der Waals surface area contributed by atoms with Gasteiger partial charge in [-0.3, -0.25) is 9.59 Å². The van der Waals surface area contributed by atoms with Gasteiger partial charge in [-0.05, 0) is 55.6 Å². The van der Waals surface area contributed by atoms with Crippen molar-refractivity contribution in [2.24, 2.45) is 22.7 Å². The lowest BCUT2D eigenvalue weighted by atomic mass is 9.46. The number of halogens is 4. The van der Waals surface area contributed by atoms with Gasteiger partial charge >= 0.3 is 12.1 Å². The fourth-order valence-corrected chi connectivity index (χ4v) is 7.52. The number of hydrogen-bond acceptors (Lipinski definition) is 4. The van der Waals surface area contributed by atoms with Gasteiger partial charge in [0, 0.05) is 23.7 Å². The number of alkyl halides is 4. The molecule has 0 aromatic heterocycles. The van der Waals surface area contributed by atoms with Crippen LogP contribution in [0.25, 0.3) is 0 Å². The molecule has 0 spiro atoms. The second-order valence-corrected chi connectivity index (χ2v) is 10.6. The van der Waals surface area contributed by atoms with Crippen LogP contribution < -0.4 is 0 Å². The quantitative estimate of drug-likeness (QED) is 0.401. The van der Waals surface area contributed by atoms with E-state index in [-0.39, 0.29) is 18.1 Å². The molecule has 0 bridgehead atoms. The molecule has 0 heterocycles. The summed E-state index contributed by atoms with van der Waals surface area (Å²) in [6.45, 7) is 4.84. The van der Waals surface area contributed by atoms with Gasteiger partial charge in [0.25, 0.3) is 0 Å². The number of ketones is 1. The van der Waals surface area contributed by atoms with Gasteiger partial charge in [-0.15, -0.1) is 11.8 Å². The van der Waals surface area contributed by atoms with Crippen molar-refractivity contribution < 1.29 is 31.9 Å². The molecule has 2 saturated carbocycles. The summed E-state index contributed by atoms with van der Waals surface area (Å²) in [6, 6.07) is 0. The molecule has 0 N–H and O–H groups in total. The van der Waals surface area contributed by atoms with Gasteiger partial charge in [0.2, 0.25) is 0 Å². The Morgan fingerprint density at radius 2 is 2.00 bits per heavy atom. The van der Waals surface area contributed by atoms with Crippen LogP contribution in [0, 0.1) is 22.7 Å². The molecule has 4 aliphatic rings. The molecular formula is C23H26F4O3S. The third-order valence-corrected chi connectivity index (χ3v) is 9.24. The molecule has 0 saturated heterocycles. The number of carbonyl (C=O) groups is 2. The lowest BCUT2D eigenvalue weighted by Crippen LogP contribution is -2.67. The van der Waals surface area contributed by atoms with E-state index in [4.69, 9.17) is 4.74 Å². The van der Waals surface area contributed by atoms with Gasteiger partial charge in [-0.2, -0.15) is 13.2 Å². The number of hydrogen-bond donors (Lipinski definition) is 0. The van der Waals surface area contributed by atoms with E-state index in [2.05, 4.69) is 0 Å². The van der Waals surface area contributed by atoms with Crippen molar-refractivity contribution in [1.29, 1.82) is 0 Å². The summed E-state index contributed by atoms with van der Waals surface area (Å²) >= 11 is 0.760. The monoisotopic (exact) mass is 458 g/mol. The molecule has 0 aromatic carbocycles. The Labute approximate surface area is 183 Å². The average molecular weight is 459 g/mol. The zero-order valence-corrected chi connectivity index (χ0v) is 18.5. The molecule has 4 aliphatic carbocycles. The number of thioether (sulfide) groups is 1. The molecular weight excluding hydrogens is 432 g/mol. The molecule has 0 amide bonds. The Hall–Kier alpha value is -1.57. The highest BCUT2D eigenvalue weighted by Crippen LogP contribution is 2.69. The first kappa shape index (κ1) is 22.6. The number of ether oxygens (including phenoxy) is 1. The molecule has 0 aliphatic heterocycles. The molecule has 2 fully saturated rings. The van der Waals surface area contributed by atoms with Crippen LogP contribution in [-0.2, 0) is 14.3 Å². The van der Waals surface area contributed by atoms with Crippen molar-refractivity contribution in [2.75, 3.05) is 5.75 Å². The standard InChI is InChI=1S/C23H26F4O3S/c1-13(28)30-18-11-20(2)16(6-7-19(20)31-12-22(24,25)26)17-5-4-14-10-15(29)8-9-21(14,3)23(17,18)27/h7-10,16-18H,4-6,11-12H2,1-3H3/t16-,17-,18-,20-,21-,23-/m0/s1. The fraction of sp³-hybridized carbons (Fsp3) is 0.652. The van der Waals surface area contributed by atoms with Crippen LogP contribution in [0.5, 0.6) is 0 Å². The SMILES string of the molecule is CC(=O)O[C@H]1C[C@]2(C)C(SCC(F)(F)F)=CC[C@H]2[C@@H]2CCC3=CC(=O)C=C[C@]3(C)[C@@]12F. The minimum Gasteiger partial charge on any atom is -0.459 e. The highest BCUT2D eigenvalue weighted by molar-refractivity contribution is 8.03. The average Bonchev–Trinajstić information content (AvgIpc) is 2.97. The van der Waals surface area contributed by atoms with E-state index in [9.17, 15) is 22.8 Å². The first-order chi connectivity index (χ1) is 14.3. The van der Waals surface area contributed by atoms with Gasteiger partial charge in [-0.1, -0.05) is 24.6 Å². The minimum atomic E-state index is -4.30. The highest BCUT2D eigenvalue weighted by Gasteiger charge is 2.70. The van der Waals surface area contributed by atoms with Gasteiger partial charge in [0.1, 0.15) is 6.10 Å². The smallest absolute Gasteiger partial charge is 0.398 e. The summed E-state index contributed by atoms with van der Waals surface area (Å²) in [6.07, 6.45) is 2.44. The number of esters is 1. The molecule has 31 heavy (non-hydrogen) atoms. The van der Waals surface area contributed by atoms with Crippen LogP contribution in [-0.4, -0.2) is 35.5 Å². The van der Waals surface area contributed by atoms with E-state index < -0.39 is 46.4 Å². The van der Waals surface area contributed by atoms with E-state index in [1.165, 1.54) is 19.1 Å². The van der Waals surface area contributed by atoms with Gasteiger partial charge in [0.05, 0.1) is 5.75 Å². The molecule has 6 atom stereocenters. The van der Waals surface area contributed by atoms with E-state index in [1.807, 2.05) is 13.0 Å². The first-order valence-electron chi connectivity index (χ1n) is 10.5. The molecule has 4 rings (SSSR count). The molecule has 8 heteroatoms. The molecule has 0 aromatic rings. The third kappa shape index (κ3) is 3.40. The van der Waals surface area contributed by atoms with Crippen molar-refractivity contribution in [3.8, 4) is 0 Å². The van der Waals surface area contributed by atoms with Crippen molar-refractivity contribution in [3.63, 3.8) is 0 Å². The Morgan fingerprint density at radius 1 is 1.29 bits per heavy atom. The Morgan fingerprint density at radius 3 is 2.65 bits per heavy atom. The predicted molar refractivity (Wildman–Crippen MR) is 110 cm³/mol. The Kier molecular flexibility index (Phi) is 5.27. The van der Waals surface area contributed by atoms with Crippen molar-refractivity contribution in [2.45, 2.75) is 64.4 Å². The van der Waals surface area contributed by atoms with Crippen LogP contribution in [0.1, 0.15) is 46.5 Å². The van der Waals surface area contributed by atoms with Crippen molar-refractivity contribution >= 4 is 23.5 Å². The molecule has 0 radical (unpaired) electrons. The lowest BCUT2D eigenvalue weighted by molar-refractivity contribution is -0.205. The van der Waals surface area contributed by atoms with E-state index in [0.29, 0.717) is 29.7 Å². The maximum absolute atomic E-state index is 17.3. The second kappa shape index (κ2) is 7.22. The molecule has 3 nitrogen and oxygen atoms in total. The van der Waals surface area contributed by atoms with Gasteiger partial charge < -0.3 is 4.74 Å². The number of rotatable bonds is 3. The number of carbonyl (C=O) groups excluding carboxylic acids is 2. The Balaban J connectivity index is 1.75. The normalized spacial score (nSPS) is 41.6. The largest absolute Gasteiger partial charge is 0.459 e. The fourth-order valence-electron chi connectivity index (χ4n) is 6.42. The zero-order chi connectivity index (χ0) is 22.8. The van der Waals surface area contributed by atoms with Crippen LogP contribution in [0.3, 0.4) is 0 Å². The zero-order valence-electron chi connectivity index (χ0n) is 17.7. The van der Waals surface area contributed by atoms with Crippen LogP contribution in [0.15, 0.2) is 34.8 Å². The summed E-state index contributed by atoms with van der Waals surface area (Å²) in [5.41, 5.74) is -3.05. The van der Waals surface area contributed by atoms with Gasteiger partial charge in [-0.25, -0.2) is 4.39 Å². The van der Waals surface area contributed by atoms with E-state index in [0.717, 1.165) is 11.8 Å². The Bertz CT molecular complexity index is 907. The van der Waals surface area contributed by atoms with Gasteiger partial charge in [0.15, 0.2) is 11.5 Å². The predicted octanol–water partition coefficient (Wildman–Crippen LogP) is 5.72. The lowest BCUT2D eigenvalue weighted by Gasteiger charge is -2.62. The molecule has 0 unspecified atom stereocenters. The summed E-state index contributed by atoms with van der Waals surface area (Å²) in [5, 5.41) is 0. The summed E-state index contributed by atoms with van der Waals surface area (Å²) < 4.78 is 61.5. The van der Waals surface area contributed by atoms with E-state index >= 15 is 4.39 Å². The highest BCUT2D eigenvalue weighted by atomic mass is 32.2. The molecule has 170 valence electrons. The maximum Gasteiger partial charge on any atom is 0.398 e. The second-order valence-electron chi connectivity index (χ2n) is 9.55. The summed E-state index contributed by atoms with van der Waals surface area (Å²) in [7, 11) is 0. The topological polar surface area (TPSA) is 43.4 Å². The number of allylic oxidation sites excluding steroid dienone is 6. The van der Waals surface area contributed by atoms with Crippen LogP contribution >= 0.6 is 11.8 Å². The summed E-state index contributed by atoms with van der Waals surface area (Å²) in [4.78, 5) is 24.5. The number of fused-ring (bicyclic) bond motifs is 5. The third-order valence-electron chi connectivity index (χ3n) is 7.83. The van der Waals surface area contributed by atoms with Crippen LogP contribution in [0.2, 0.25) is 0 Å². The minimum absolute atomic E-state index is 0.117.